The van der Waals surface area contributed by atoms with E-state index in [4.69, 9.17) is 0 Å². The molecule has 0 fully saturated rings. The molecule has 3 aromatic rings. The highest BCUT2D eigenvalue weighted by Crippen LogP contribution is 2.08. The Hall–Kier alpha value is -3.68. The maximum atomic E-state index is 13.1. The van der Waals surface area contributed by atoms with Crippen LogP contribution in [0.25, 0.3) is 10.9 Å². The molecule has 0 aliphatic heterocycles. The van der Waals surface area contributed by atoms with E-state index in [0.717, 1.165) is 16.6 Å². The van der Waals surface area contributed by atoms with Crippen LogP contribution in [0.3, 0.4) is 0 Å². The molecule has 0 saturated carbocycles. The van der Waals surface area contributed by atoms with Crippen molar-refractivity contribution in [3.8, 4) is 0 Å². The number of benzene rings is 2. The summed E-state index contributed by atoms with van der Waals surface area (Å²) in [6.07, 6.45) is 2.29. The summed E-state index contributed by atoms with van der Waals surface area (Å²) < 4.78 is 2.50. The van der Waals surface area contributed by atoms with E-state index in [1.54, 1.807) is 24.3 Å². The Kier molecular flexibility index (Phi) is 8.57. The highest BCUT2D eigenvalue weighted by Gasteiger charge is 2.15. The van der Waals surface area contributed by atoms with Gasteiger partial charge in [-0.3, -0.25) is 23.5 Å². The SMILES string of the molecule is CCCNC(=O)CCCCn1c(=O)c2ccccc2n(CC(=O)NCc2ccccc2)c1=O. The summed E-state index contributed by atoms with van der Waals surface area (Å²) in [7, 11) is 0. The second kappa shape index (κ2) is 11.8. The Morgan fingerprint density at radius 1 is 0.848 bits per heavy atom. The monoisotopic (exact) mass is 450 g/mol. The third-order valence-corrected chi connectivity index (χ3v) is 5.37. The van der Waals surface area contributed by atoms with E-state index in [1.165, 1.54) is 4.57 Å². The van der Waals surface area contributed by atoms with Crippen molar-refractivity contribution in [3.63, 3.8) is 0 Å². The molecular weight excluding hydrogens is 420 g/mol. The zero-order valence-corrected chi connectivity index (χ0v) is 18.9. The predicted molar refractivity (Wildman–Crippen MR) is 128 cm³/mol. The summed E-state index contributed by atoms with van der Waals surface area (Å²) in [6, 6.07) is 16.3. The first-order chi connectivity index (χ1) is 16.0. The van der Waals surface area contributed by atoms with Crippen molar-refractivity contribution in [2.24, 2.45) is 0 Å². The Labute approximate surface area is 192 Å². The normalized spacial score (nSPS) is 10.8. The molecule has 0 radical (unpaired) electrons. The van der Waals surface area contributed by atoms with Crippen molar-refractivity contribution in [2.75, 3.05) is 6.54 Å². The fourth-order valence-electron chi connectivity index (χ4n) is 3.63. The minimum atomic E-state index is -0.524. The number of fused-ring (bicyclic) bond motifs is 1. The van der Waals surface area contributed by atoms with Crippen LogP contribution in [0, 0.1) is 0 Å². The van der Waals surface area contributed by atoms with Gasteiger partial charge in [-0.2, -0.15) is 0 Å². The van der Waals surface area contributed by atoms with Gasteiger partial charge in [0.05, 0.1) is 10.9 Å². The lowest BCUT2D eigenvalue weighted by molar-refractivity contribution is -0.122. The standard InChI is InChI=1S/C25H30N4O4/c1-2-15-26-22(30)14-8-9-16-28-24(32)20-12-6-7-13-21(20)29(25(28)33)18-23(31)27-17-19-10-4-3-5-11-19/h3-7,10-13H,2,8-9,14-18H2,1H3,(H,26,30)(H,27,31). The van der Waals surface area contributed by atoms with Crippen molar-refractivity contribution in [1.82, 2.24) is 19.8 Å². The molecule has 1 heterocycles. The van der Waals surface area contributed by atoms with E-state index >= 15 is 0 Å². The molecule has 33 heavy (non-hydrogen) atoms. The number of amides is 2. The molecule has 1 aromatic heterocycles. The molecule has 0 bridgehead atoms. The Balaban J connectivity index is 1.75. The fourth-order valence-corrected chi connectivity index (χ4v) is 3.63. The molecule has 2 N–H and O–H groups in total. The van der Waals surface area contributed by atoms with Gasteiger partial charge in [-0.05, 0) is 37.0 Å². The van der Waals surface area contributed by atoms with Gasteiger partial charge >= 0.3 is 5.69 Å². The second-order valence-electron chi connectivity index (χ2n) is 7.91. The van der Waals surface area contributed by atoms with E-state index < -0.39 is 5.69 Å². The summed E-state index contributed by atoms with van der Waals surface area (Å²) in [5.41, 5.74) is 0.476. The van der Waals surface area contributed by atoms with E-state index in [9.17, 15) is 19.2 Å². The van der Waals surface area contributed by atoms with E-state index in [-0.39, 0.29) is 30.5 Å². The number of carbonyl (C=O) groups excluding carboxylic acids is 2. The van der Waals surface area contributed by atoms with Crippen LogP contribution in [-0.2, 0) is 29.2 Å². The number of nitrogens with zero attached hydrogens (tertiary/aromatic N) is 2. The van der Waals surface area contributed by atoms with Crippen LogP contribution in [0.4, 0.5) is 0 Å². The number of para-hydroxylation sites is 1. The third-order valence-electron chi connectivity index (χ3n) is 5.37. The topological polar surface area (TPSA) is 102 Å². The Bertz CT molecular complexity index is 1210. The lowest BCUT2D eigenvalue weighted by Gasteiger charge is -2.14. The van der Waals surface area contributed by atoms with Gasteiger partial charge in [0, 0.05) is 26.1 Å². The zero-order chi connectivity index (χ0) is 23.6. The maximum Gasteiger partial charge on any atom is 0.331 e. The fraction of sp³-hybridized carbons (Fsp3) is 0.360. The number of nitrogens with one attached hydrogen (secondary N) is 2. The van der Waals surface area contributed by atoms with E-state index in [2.05, 4.69) is 10.6 Å². The highest BCUT2D eigenvalue weighted by molar-refractivity contribution is 5.81. The average Bonchev–Trinajstić information content (AvgIpc) is 2.84. The second-order valence-corrected chi connectivity index (χ2v) is 7.91. The van der Waals surface area contributed by atoms with Crippen LogP contribution < -0.4 is 21.9 Å². The van der Waals surface area contributed by atoms with Gasteiger partial charge in [0.25, 0.3) is 5.56 Å². The van der Waals surface area contributed by atoms with Gasteiger partial charge in [-0.15, -0.1) is 0 Å². The van der Waals surface area contributed by atoms with Gasteiger partial charge in [-0.1, -0.05) is 49.4 Å². The van der Waals surface area contributed by atoms with Gasteiger partial charge in [0.1, 0.15) is 6.54 Å². The minimum Gasteiger partial charge on any atom is -0.356 e. The minimum absolute atomic E-state index is 0.0322. The lowest BCUT2D eigenvalue weighted by atomic mass is 10.2. The molecule has 2 aromatic carbocycles. The number of carbonyl (C=O) groups is 2. The molecular formula is C25H30N4O4. The van der Waals surface area contributed by atoms with Crippen LogP contribution in [-0.4, -0.2) is 27.5 Å². The predicted octanol–water partition coefficient (Wildman–Crippen LogP) is 2.18. The van der Waals surface area contributed by atoms with Gasteiger partial charge < -0.3 is 10.6 Å². The highest BCUT2D eigenvalue weighted by atomic mass is 16.2. The molecule has 3 rings (SSSR count). The third kappa shape index (κ3) is 6.41. The van der Waals surface area contributed by atoms with Crippen LogP contribution in [0.15, 0.2) is 64.2 Å². The van der Waals surface area contributed by atoms with Gasteiger partial charge in [0.15, 0.2) is 0 Å². The number of aromatic nitrogens is 2. The van der Waals surface area contributed by atoms with Crippen LogP contribution >= 0.6 is 0 Å². The summed E-state index contributed by atoms with van der Waals surface area (Å²) >= 11 is 0. The number of hydrogen-bond donors (Lipinski definition) is 2. The van der Waals surface area contributed by atoms with Crippen molar-refractivity contribution in [3.05, 3.63) is 81.0 Å². The van der Waals surface area contributed by atoms with Crippen molar-refractivity contribution in [2.45, 2.75) is 52.2 Å². The molecule has 0 saturated heterocycles. The molecule has 0 unspecified atom stereocenters. The lowest BCUT2D eigenvalue weighted by Crippen LogP contribution is -2.42. The largest absolute Gasteiger partial charge is 0.356 e. The number of rotatable bonds is 11. The smallest absolute Gasteiger partial charge is 0.331 e. The molecule has 0 aliphatic rings. The number of hydrogen-bond acceptors (Lipinski definition) is 4. The van der Waals surface area contributed by atoms with Crippen LogP contribution in [0.2, 0.25) is 0 Å². The average molecular weight is 451 g/mol. The van der Waals surface area contributed by atoms with E-state index in [1.807, 2.05) is 37.3 Å². The summed E-state index contributed by atoms with van der Waals surface area (Å²) in [5.74, 6) is -0.348. The van der Waals surface area contributed by atoms with Gasteiger partial charge in [-0.25, -0.2) is 4.79 Å². The summed E-state index contributed by atoms with van der Waals surface area (Å²) in [4.78, 5) is 50.5. The molecule has 8 heteroatoms. The molecule has 2 amide bonds. The van der Waals surface area contributed by atoms with Crippen molar-refractivity contribution < 1.29 is 9.59 Å². The van der Waals surface area contributed by atoms with Crippen LogP contribution in [0.5, 0.6) is 0 Å². The summed E-state index contributed by atoms with van der Waals surface area (Å²) in [5, 5.41) is 6.02. The van der Waals surface area contributed by atoms with E-state index in [0.29, 0.717) is 43.3 Å². The first kappa shape index (κ1) is 24.0. The first-order valence-corrected chi connectivity index (χ1v) is 11.3. The van der Waals surface area contributed by atoms with Crippen molar-refractivity contribution >= 4 is 22.7 Å². The molecule has 0 spiro atoms. The summed E-state index contributed by atoms with van der Waals surface area (Å²) in [6.45, 7) is 2.98. The maximum absolute atomic E-state index is 13.1. The molecule has 8 nitrogen and oxygen atoms in total. The zero-order valence-electron chi connectivity index (χ0n) is 18.9. The quantitative estimate of drug-likeness (QED) is 0.437. The van der Waals surface area contributed by atoms with Crippen LogP contribution in [0.1, 0.15) is 38.2 Å². The van der Waals surface area contributed by atoms with Gasteiger partial charge in [0.2, 0.25) is 11.8 Å². The molecule has 174 valence electrons. The Morgan fingerprint density at radius 2 is 1.58 bits per heavy atom. The van der Waals surface area contributed by atoms with Crippen molar-refractivity contribution in [1.29, 1.82) is 0 Å². The Morgan fingerprint density at radius 3 is 2.33 bits per heavy atom. The first-order valence-electron chi connectivity index (χ1n) is 11.3. The number of unbranched alkanes of at least 4 members (excludes halogenated alkanes) is 1. The molecule has 0 atom stereocenters. The molecule has 0 aliphatic carbocycles.